The third-order valence-electron chi connectivity index (χ3n) is 5.86. The van der Waals surface area contributed by atoms with Gasteiger partial charge in [-0.2, -0.15) is 0 Å². The van der Waals surface area contributed by atoms with Gasteiger partial charge < -0.3 is 9.55 Å². The van der Waals surface area contributed by atoms with Gasteiger partial charge in [0.15, 0.2) is 16.7 Å². The average molecular weight is 493 g/mol. The SMILES string of the molecule is CC(=O)c1c(C)[nH]c(C(=O)[C@@H](C)Sc2nnc(Cc3cccs3)n2CCc2ccccc2)c1C. The highest BCUT2D eigenvalue weighted by Crippen LogP contribution is 2.28. The molecule has 1 N–H and O–H groups in total. The summed E-state index contributed by atoms with van der Waals surface area (Å²) in [5, 5.41) is 11.4. The number of thioether (sulfide) groups is 1. The normalized spacial score (nSPS) is 12.1. The molecule has 0 saturated heterocycles. The van der Waals surface area contributed by atoms with E-state index in [9.17, 15) is 9.59 Å². The quantitative estimate of drug-likeness (QED) is 0.227. The van der Waals surface area contributed by atoms with Crippen molar-refractivity contribution in [1.29, 1.82) is 0 Å². The van der Waals surface area contributed by atoms with Gasteiger partial charge in [-0.05, 0) is 56.7 Å². The molecule has 0 bridgehead atoms. The molecule has 0 radical (unpaired) electrons. The minimum atomic E-state index is -0.383. The van der Waals surface area contributed by atoms with Gasteiger partial charge >= 0.3 is 0 Å². The Balaban J connectivity index is 1.57. The van der Waals surface area contributed by atoms with E-state index in [0.717, 1.165) is 29.6 Å². The highest BCUT2D eigenvalue weighted by atomic mass is 32.2. The van der Waals surface area contributed by atoms with E-state index in [0.29, 0.717) is 23.2 Å². The van der Waals surface area contributed by atoms with Crippen LogP contribution in [0.15, 0.2) is 53.0 Å². The fourth-order valence-corrected chi connectivity index (χ4v) is 5.81. The van der Waals surface area contributed by atoms with Gasteiger partial charge in [0.2, 0.25) is 0 Å². The van der Waals surface area contributed by atoms with Gasteiger partial charge in [0.25, 0.3) is 0 Å². The van der Waals surface area contributed by atoms with Crippen LogP contribution in [0.5, 0.6) is 0 Å². The van der Waals surface area contributed by atoms with Crippen molar-refractivity contribution in [3.8, 4) is 0 Å². The Morgan fingerprint density at radius 3 is 2.53 bits per heavy atom. The molecule has 0 fully saturated rings. The third-order valence-corrected chi connectivity index (χ3v) is 7.82. The number of hydrogen-bond donors (Lipinski definition) is 1. The van der Waals surface area contributed by atoms with Gasteiger partial charge in [-0.15, -0.1) is 21.5 Å². The van der Waals surface area contributed by atoms with Crippen LogP contribution in [-0.4, -0.2) is 36.6 Å². The van der Waals surface area contributed by atoms with Crippen LogP contribution in [0, 0.1) is 13.8 Å². The van der Waals surface area contributed by atoms with E-state index in [1.54, 1.807) is 11.3 Å². The monoisotopic (exact) mass is 492 g/mol. The first-order chi connectivity index (χ1) is 16.3. The van der Waals surface area contributed by atoms with Crippen LogP contribution in [0.1, 0.15) is 62.2 Å². The molecule has 4 aromatic rings. The number of aromatic nitrogens is 4. The lowest BCUT2D eigenvalue weighted by molar-refractivity contribution is 0.0988. The lowest BCUT2D eigenvalue weighted by Crippen LogP contribution is -2.17. The summed E-state index contributed by atoms with van der Waals surface area (Å²) in [6.07, 6.45) is 1.56. The molecule has 8 heteroatoms. The zero-order valence-electron chi connectivity index (χ0n) is 19.8. The van der Waals surface area contributed by atoms with Crippen LogP contribution in [0.2, 0.25) is 0 Å². The predicted octanol–water partition coefficient (Wildman–Crippen LogP) is 5.68. The minimum Gasteiger partial charge on any atom is -0.355 e. The van der Waals surface area contributed by atoms with Crippen molar-refractivity contribution < 1.29 is 9.59 Å². The fraction of sp³-hybridized carbons (Fsp3) is 0.308. The first-order valence-electron chi connectivity index (χ1n) is 11.2. The van der Waals surface area contributed by atoms with E-state index in [1.807, 2.05) is 45.0 Å². The number of ketones is 2. The van der Waals surface area contributed by atoms with E-state index in [1.165, 1.54) is 29.1 Å². The van der Waals surface area contributed by atoms with E-state index in [2.05, 4.69) is 43.3 Å². The summed E-state index contributed by atoms with van der Waals surface area (Å²) in [5.74, 6) is 0.811. The van der Waals surface area contributed by atoms with Crippen molar-refractivity contribution in [2.24, 2.45) is 0 Å². The maximum absolute atomic E-state index is 13.3. The topological polar surface area (TPSA) is 80.6 Å². The van der Waals surface area contributed by atoms with Crippen LogP contribution >= 0.6 is 23.1 Å². The second kappa shape index (κ2) is 10.5. The summed E-state index contributed by atoms with van der Waals surface area (Å²) in [4.78, 5) is 29.6. The largest absolute Gasteiger partial charge is 0.355 e. The van der Waals surface area contributed by atoms with Gasteiger partial charge in [0.05, 0.1) is 10.9 Å². The molecule has 0 amide bonds. The molecule has 1 atom stereocenters. The number of aromatic amines is 1. The van der Waals surface area contributed by atoms with Crippen LogP contribution in [0.4, 0.5) is 0 Å². The molecule has 6 nitrogen and oxygen atoms in total. The minimum absolute atomic E-state index is 0.0375. The van der Waals surface area contributed by atoms with Crippen molar-refractivity contribution >= 4 is 34.7 Å². The number of H-pyrrole nitrogens is 1. The van der Waals surface area contributed by atoms with Crippen molar-refractivity contribution in [1.82, 2.24) is 19.7 Å². The van der Waals surface area contributed by atoms with Gasteiger partial charge in [0.1, 0.15) is 5.82 Å². The molecule has 1 aromatic carbocycles. The lowest BCUT2D eigenvalue weighted by Gasteiger charge is -2.13. The van der Waals surface area contributed by atoms with Gasteiger partial charge in [0, 0.05) is 29.1 Å². The number of nitrogens with zero attached hydrogens (tertiary/aromatic N) is 3. The Bertz CT molecular complexity index is 1290. The molecular weight excluding hydrogens is 464 g/mol. The number of rotatable bonds is 10. The van der Waals surface area contributed by atoms with Crippen LogP contribution in [-0.2, 0) is 19.4 Å². The summed E-state index contributed by atoms with van der Waals surface area (Å²) in [6, 6.07) is 14.5. The first-order valence-corrected chi connectivity index (χ1v) is 13.0. The van der Waals surface area contributed by atoms with Crippen LogP contribution in [0.25, 0.3) is 0 Å². The molecule has 0 spiro atoms. The summed E-state index contributed by atoms with van der Waals surface area (Å²) < 4.78 is 2.13. The third kappa shape index (κ3) is 5.23. The van der Waals surface area contributed by atoms with Gasteiger partial charge in [-0.1, -0.05) is 48.2 Å². The maximum atomic E-state index is 13.3. The highest BCUT2D eigenvalue weighted by molar-refractivity contribution is 8.00. The highest BCUT2D eigenvalue weighted by Gasteiger charge is 2.26. The Morgan fingerprint density at radius 1 is 1.12 bits per heavy atom. The average Bonchev–Trinajstić information content (AvgIpc) is 3.53. The van der Waals surface area contributed by atoms with E-state index >= 15 is 0 Å². The first kappa shape index (κ1) is 24.2. The van der Waals surface area contributed by atoms with Crippen LogP contribution < -0.4 is 0 Å². The molecule has 0 aliphatic carbocycles. The van der Waals surface area contributed by atoms with E-state index in [-0.39, 0.29) is 16.8 Å². The van der Waals surface area contributed by atoms with Crippen LogP contribution in [0.3, 0.4) is 0 Å². The number of aryl methyl sites for hydroxylation is 2. The Morgan fingerprint density at radius 2 is 1.88 bits per heavy atom. The lowest BCUT2D eigenvalue weighted by atomic mass is 10.0. The molecule has 0 saturated carbocycles. The van der Waals surface area contributed by atoms with Crippen molar-refractivity contribution in [2.75, 3.05) is 0 Å². The Kier molecular flexibility index (Phi) is 7.48. The van der Waals surface area contributed by atoms with E-state index < -0.39 is 0 Å². The van der Waals surface area contributed by atoms with Crippen molar-refractivity contribution in [3.63, 3.8) is 0 Å². The molecule has 0 aliphatic heterocycles. The molecule has 4 rings (SSSR count). The number of benzene rings is 1. The summed E-state index contributed by atoms with van der Waals surface area (Å²) in [6.45, 7) is 7.79. The second-order valence-electron chi connectivity index (χ2n) is 8.35. The van der Waals surface area contributed by atoms with Crippen molar-refractivity contribution in [3.05, 3.63) is 86.6 Å². The smallest absolute Gasteiger partial charge is 0.192 e. The molecule has 176 valence electrons. The Hall–Kier alpha value is -2.97. The molecule has 3 heterocycles. The summed E-state index contributed by atoms with van der Waals surface area (Å²) >= 11 is 3.11. The zero-order chi connectivity index (χ0) is 24.2. The number of Topliss-reactive ketones (excluding diaryl/α,β-unsaturated/α-hetero) is 2. The number of nitrogens with one attached hydrogen (secondary N) is 1. The summed E-state index contributed by atoms with van der Waals surface area (Å²) in [5.41, 5.74) is 3.79. The molecule has 0 aliphatic rings. The second-order valence-corrected chi connectivity index (χ2v) is 10.7. The zero-order valence-corrected chi connectivity index (χ0v) is 21.4. The van der Waals surface area contributed by atoms with Gasteiger partial charge in [-0.3, -0.25) is 9.59 Å². The Labute approximate surface area is 207 Å². The number of hydrogen-bond acceptors (Lipinski definition) is 6. The van der Waals surface area contributed by atoms with E-state index in [4.69, 9.17) is 0 Å². The molecule has 3 aromatic heterocycles. The molecule has 0 unspecified atom stereocenters. The predicted molar refractivity (Wildman–Crippen MR) is 137 cm³/mol. The number of thiophene rings is 1. The maximum Gasteiger partial charge on any atom is 0.192 e. The molecule has 34 heavy (non-hydrogen) atoms. The summed E-state index contributed by atoms with van der Waals surface area (Å²) in [7, 11) is 0. The fourth-order valence-electron chi connectivity index (χ4n) is 4.16. The van der Waals surface area contributed by atoms with Gasteiger partial charge in [-0.25, -0.2) is 0 Å². The molecular formula is C26H28N4O2S2. The standard InChI is InChI=1S/C26H28N4O2S2/c1-16-23(18(3)31)17(2)27-24(16)25(32)19(4)34-26-29-28-22(15-21-11-8-14-33-21)30(26)13-12-20-9-6-5-7-10-20/h5-11,14,19,27H,12-13,15H2,1-4H3/t19-/m1/s1. The van der Waals surface area contributed by atoms with Crippen molar-refractivity contribution in [2.45, 2.75) is 57.5 Å². The number of carbonyl (C=O) groups is 2. The number of carbonyl (C=O) groups excluding carboxylic acids is 2.